The van der Waals surface area contributed by atoms with E-state index < -0.39 is 5.97 Å². The molecule has 0 saturated carbocycles. The number of piperidine rings is 1. The molecule has 0 spiro atoms. The maximum atomic E-state index is 11.6. The summed E-state index contributed by atoms with van der Waals surface area (Å²) in [6.45, 7) is 2.57. The molecule has 1 saturated heterocycles. The summed E-state index contributed by atoms with van der Waals surface area (Å²) >= 11 is 0. The maximum absolute atomic E-state index is 11.6. The highest BCUT2D eigenvalue weighted by Gasteiger charge is 2.14. The molecular formula is C16H22N2O3. The minimum Gasteiger partial charge on any atom is -0.481 e. The third kappa shape index (κ3) is 4.77. The Morgan fingerprint density at radius 2 is 1.81 bits per heavy atom. The third-order valence-corrected chi connectivity index (χ3v) is 3.73. The normalized spacial score (nSPS) is 14.8. The van der Waals surface area contributed by atoms with Gasteiger partial charge in [0.1, 0.15) is 0 Å². The molecule has 114 valence electrons. The highest BCUT2D eigenvalue weighted by molar-refractivity contribution is 5.80. The second-order valence-corrected chi connectivity index (χ2v) is 5.35. The van der Waals surface area contributed by atoms with Crippen molar-refractivity contribution in [2.75, 3.05) is 18.0 Å². The van der Waals surface area contributed by atoms with E-state index in [9.17, 15) is 9.59 Å². The van der Waals surface area contributed by atoms with Gasteiger partial charge in [-0.1, -0.05) is 18.2 Å². The summed E-state index contributed by atoms with van der Waals surface area (Å²) < 4.78 is 0. The highest BCUT2D eigenvalue weighted by atomic mass is 16.4. The molecule has 21 heavy (non-hydrogen) atoms. The number of nitrogens with zero attached hydrogens (tertiary/aromatic N) is 1. The number of carboxylic acid groups (broad SMARTS) is 1. The van der Waals surface area contributed by atoms with Gasteiger partial charge in [-0.3, -0.25) is 9.59 Å². The number of carboxylic acids is 1. The predicted octanol–water partition coefficient (Wildman–Crippen LogP) is 2.16. The topological polar surface area (TPSA) is 69.6 Å². The first-order valence-corrected chi connectivity index (χ1v) is 7.48. The molecule has 1 aliphatic rings. The molecule has 0 radical (unpaired) electrons. The fraction of sp³-hybridized carbons (Fsp3) is 0.500. The van der Waals surface area contributed by atoms with Crippen molar-refractivity contribution >= 4 is 17.6 Å². The molecule has 5 nitrogen and oxygen atoms in total. The first-order chi connectivity index (χ1) is 10.2. The number of hydrogen-bond acceptors (Lipinski definition) is 3. The molecule has 2 rings (SSSR count). The lowest BCUT2D eigenvalue weighted by atomic mass is 10.1. The van der Waals surface area contributed by atoms with Crippen molar-refractivity contribution in [1.29, 1.82) is 0 Å². The van der Waals surface area contributed by atoms with Gasteiger partial charge in [0.15, 0.2) is 0 Å². The van der Waals surface area contributed by atoms with E-state index in [0.29, 0.717) is 6.54 Å². The van der Waals surface area contributed by atoms with Gasteiger partial charge in [-0.25, -0.2) is 0 Å². The predicted molar refractivity (Wildman–Crippen MR) is 81.2 cm³/mol. The lowest BCUT2D eigenvalue weighted by Crippen LogP contribution is -2.31. The second-order valence-electron chi connectivity index (χ2n) is 5.35. The van der Waals surface area contributed by atoms with Crippen LogP contribution in [0.5, 0.6) is 0 Å². The number of rotatable bonds is 6. The van der Waals surface area contributed by atoms with Crippen LogP contribution in [0.2, 0.25) is 0 Å². The molecule has 1 amide bonds. The van der Waals surface area contributed by atoms with Crippen LogP contribution in [0.4, 0.5) is 5.69 Å². The Balaban J connectivity index is 1.93. The van der Waals surface area contributed by atoms with Crippen LogP contribution in [0.15, 0.2) is 24.3 Å². The molecule has 0 bridgehead atoms. The smallest absolute Gasteiger partial charge is 0.303 e. The van der Waals surface area contributed by atoms with E-state index in [-0.39, 0.29) is 18.7 Å². The summed E-state index contributed by atoms with van der Waals surface area (Å²) in [6.07, 6.45) is 3.60. The number of benzene rings is 1. The maximum Gasteiger partial charge on any atom is 0.303 e. The SMILES string of the molecule is O=C(O)CCC(=O)NCc1ccccc1N1CCCCC1. The van der Waals surface area contributed by atoms with Gasteiger partial charge in [0.05, 0.1) is 6.42 Å². The van der Waals surface area contributed by atoms with Gasteiger partial charge in [-0.2, -0.15) is 0 Å². The van der Waals surface area contributed by atoms with E-state index in [4.69, 9.17) is 5.11 Å². The zero-order valence-electron chi connectivity index (χ0n) is 12.2. The minimum absolute atomic E-state index is 0.0290. The quantitative estimate of drug-likeness (QED) is 0.842. The van der Waals surface area contributed by atoms with E-state index in [1.165, 1.54) is 24.9 Å². The van der Waals surface area contributed by atoms with Crippen molar-refractivity contribution in [2.24, 2.45) is 0 Å². The lowest BCUT2D eigenvalue weighted by molar-refractivity contribution is -0.138. The van der Waals surface area contributed by atoms with Crippen LogP contribution in [-0.4, -0.2) is 30.1 Å². The lowest BCUT2D eigenvalue weighted by Gasteiger charge is -2.30. The Kier molecular flexibility index (Phi) is 5.60. The number of carbonyl (C=O) groups is 2. The molecular weight excluding hydrogens is 268 g/mol. The second kappa shape index (κ2) is 7.67. The molecule has 1 aromatic rings. The standard InChI is InChI=1S/C16H22N2O3/c19-15(8-9-16(20)21)17-12-13-6-2-3-7-14(13)18-10-4-1-5-11-18/h2-3,6-7H,1,4-5,8-12H2,(H,17,19)(H,20,21). The van der Waals surface area contributed by atoms with Gasteiger partial charge in [-0.15, -0.1) is 0 Å². The Hall–Kier alpha value is -2.04. The Labute approximate surface area is 125 Å². The summed E-state index contributed by atoms with van der Waals surface area (Å²) in [5.41, 5.74) is 2.26. The first-order valence-electron chi connectivity index (χ1n) is 7.48. The zero-order valence-corrected chi connectivity index (χ0v) is 12.2. The van der Waals surface area contributed by atoms with Crippen molar-refractivity contribution in [1.82, 2.24) is 5.32 Å². The molecule has 5 heteroatoms. The fourth-order valence-electron chi connectivity index (χ4n) is 2.61. The first kappa shape index (κ1) is 15.4. The van der Waals surface area contributed by atoms with Gasteiger partial charge in [0.25, 0.3) is 0 Å². The highest BCUT2D eigenvalue weighted by Crippen LogP contribution is 2.23. The van der Waals surface area contributed by atoms with E-state index in [1.807, 2.05) is 18.2 Å². The fourth-order valence-corrected chi connectivity index (χ4v) is 2.61. The molecule has 1 aliphatic heterocycles. The van der Waals surface area contributed by atoms with Gasteiger partial charge >= 0.3 is 5.97 Å². The molecule has 0 aromatic heterocycles. The van der Waals surface area contributed by atoms with E-state index in [0.717, 1.165) is 18.7 Å². The Bertz CT molecular complexity index is 496. The largest absolute Gasteiger partial charge is 0.481 e. The zero-order chi connectivity index (χ0) is 15.1. The summed E-state index contributed by atoms with van der Waals surface area (Å²) in [6, 6.07) is 8.08. The number of nitrogens with one attached hydrogen (secondary N) is 1. The molecule has 0 unspecified atom stereocenters. The van der Waals surface area contributed by atoms with Crippen molar-refractivity contribution in [2.45, 2.75) is 38.6 Å². The van der Waals surface area contributed by atoms with Crippen molar-refractivity contribution in [3.8, 4) is 0 Å². The van der Waals surface area contributed by atoms with Gasteiger partial charge in [0, 0.05) is 31.7 Å². The van der Waals surface area contributed by atoms with Gasteiger partial charge < -0.3 is 15.3 Å². The molecule has 0 atom stereocenters. The van der Waals surface area contributed by atoms with E-state index >= 15 is 0 Å². The van der Waals surface area contributed by atoms with Crippen LogP contribution >= 0.6 is 0 Å². The molecule has 0 aliphatic carbocycles. The number of para-hydroxylation sites is 1. The van der Waals surface area contributed by atoms with Crippen LogP contribution in [-0.2, 0) is 16.1 Å². The number of aliphatic carboxylic acids is 1. The summed E-state index contributed by atoms with van der Waals surface area (Å²) in [5.74, 6) is -1.16. The monoisotopic (exact) mass is 290 g/mol. The number of amides is 1. The summed E-state index contributed by atoms with van der Waals surface area (Å²) in [7, 11) is 0. The van der Waals surface area contributed by atoms with Crippen molar-refractivity contribution < 1.29 is 14.7 Å². The van der Waals surface area contributed by atoms with Crippen LogP contribution in [0, 0.1) is 0 Å². The van der Waals surface area contributed by atoms with E-state index in [1.54, 1.807) is 0 Å². The number of carbonyl (C=O) groups excluding carboxylic acids is 1. The molecule has 1 heterocycles. The average molecular weight is 290 g/mol. The molecule has 1 fully saturated rings. The van der Waals surface area contributed by atoms with Crippen LogP contribution in [0.1, 0.15) is 37.7 Å². The van der Waals surface area contributed by atoms with Gasteiger partial charge in [-0.05, 0) is 30.9 Å². The average Bonchev–Trinajstić information content (AvgIpc) is 2.52. The number of hydrogen-bond donors (Lipinski definition) is 2. The molecule has 2 N–H and O–H groups in total. The van der Waals surface area contributed by atoms with Gasteiger partial charge in [0.2, 0.25) is 5.91 Å². The minimum atomic E-state index is -0.945. The Morgan fingerprint density at radius 1 is 1.10 bits per heavy atom. The molecule has 1 aromatic carbocycles. The van der Waals surface area contributed by atoms with Crippen LogP contribution in [0.3, 0.4) is 0 Å². The van der Waals surface area contributed by atoms with E-state index in [2.05, 4.69) is 16.3 Å². The van der Waals surface area contributed by atoms with Crippen LogP contribution in [0.25, 0.3) is 0 Å². The third-order valence-electron chi connectivity index (χ3n) is 3.73. The number of anilines is 1. The van der Waals surface area contributed by atoms with Crippen molar-refractivity contribution in [3.05, 3.63) is 29.8 Å². The Morgan fingerprint density at radius 3 is 2.52 bits per heavy atom. The van der Waals surface area contributed by atoms with Crippen molar-refractivity contribution in [3.63, 3.8) is 0 Å². The summed E-state index contributed by atoms with van der Waals surface area (Å²) in [4.78, 5) is 24.4. The summed E-state index contributed by atoms with van der Waals surface area (Å²) in [5, 5.41) is 11.4. The van der Waals surface area contributed by atoms with Crippen LogP contribution < -0.4 is 10.2 Å².